The van der Waals surface area contributed by atoms with E-state index < -0.39 is 0 Å². The number of thiophene rings is 1. The van der Waals surface area contributed by atoms with Crippen LogP contribution in [0.1, 0.15) is 40.9 Å². The third-order valence-electron chi connectivity index (χ3n) is 5.03. The van der Waals surface area contributed by atoms with Crippen molar-refractivity contribution in [1.82, 2.24) is 9.88 Å². The lowest BCUT2D eigenvalue weighted by molar-refractivity contribution is 0.0767. The van der Waals surface area contributed by atoms with Gasteiger partial charge in [0.05, 0.1) is 11.4 Å². The van der Waals surface area contributed by atoms with Crippen LogP contribution < -0.4 is 5.73 Å². The number of amides is 1. The number of rotatable bonds is 2. The van der Waals surface area contributed by atoms with E-state index in [2.05, 4.69) is 31.2 Å². The molecule has 1 fully saturated rings. The molecule has 1 aliphatic heterocycles. The van der Waals surface area contributed by atoms with E-state index in [4.69, 9.17) is 10.7 Å². The first kappa shape index (κ1) is 17.0. The lowest BCUT2D eigenvalue weighted by atomic mass is 10.1. The first-order valence-corrected chi connectivity index (χ1v) is 10.0. The second-order valence-electron chi connectivity index (χ2n) is 6.97. The van der Waals surface area contributed by atoms with Gasteiger partial charge in [-0.1, -0.05) is 42.7 Å². The summed E-state index contributed by atoms with van der Waals surface area (Å²) in [5, 5.41) is 0.879. The number of pyridine rings is 1. The van der Waals surface area contributed by atoms with Gasteiger partial charge in [0.1, 0.15) is 9.71 Å². The van der Waals surface area contributed by atoms with E-state index in [0.29, 0.717) is 10.6 Å². The maximum absolute atomic E-state index is 13.0. The normalized spacial score (nSPS) is 15.2. The quantitative estimate of drug-likeness (QED) is 0.705. The van der Waals surface area contributed by atoms with Gasteiger partial charge in [0.2, 0.25) is 0 Å². The number of carbonyl (C=O) groups excluding carboxylic acids is 1. The molecule has 3 heterocycles. The van der Waals surface area contributed by atoms with Crippen LogP contribution >= 0.6 is 11.3 Å². The van der Waals surface area contributed by atoms with E-state index in [0.717, 1.165) is 47.4 Å². The summed E-state index contributed by atoms with van der Waals surface area (Å²) in [6, 6.07) is 12.3. The number of benzene rings is 1. The standard InChI is InChI=1S/C21H23N3OS/c1-14-6-8-15(9-7-14)17-11-10-16-18(22)19(26-20(16)23-17)21(25)24-12-4-2-3-5-13-24/h6-11H,2-5,12-13,22H2,1H3. The van der Waals surface area contributed by atoms with Gasteiger partial charge in [-0.15, -0.1) is 11.3 Å². The Morgan fingerprint density at radius 1 is 1.04 bits per heavy atom. The predicted molar refractivity (Wildman–Crippen MR) is 109 cm³/mol. The van der Waals surface area contributed by atoms with Crippen LogP contribution in [0.15, 0.2) is 36.4 Å². The van der Waals surface area contributed by atoms with Crippen LogP contribution in [0.5, 0.6) is 0 Å². The maximum atomic E-state index is 13.0. The van der Waals surface area contributed by atoms with E-state index in [9.17, 15) is 4.79 Å². The van der Waals surface area contributed by atoms with E-state index in [1.54, 1.807) is 0 Å². The zero-order valence-electron chi connectivity index (χ0n) is 15.0. The molecule has 0 spiro atoms. The predicted octanol–water partition coefficient (Wildman–Crippen LogP) is 4.87. The summed E-state index contributed by atoms with van der Waals surface area (Å²) in [6.45, 7) is 3.73. The second-order valence-corrected chi connectivity index (χ2v) is 7.97. The summed E-state index contributed by atoms with van der Waals surface area (Å²) in [5.41, 5.74) is 10.1. The molecular formula is C21H23N3OS. The fourth-order valence-corrected chi connectivity index (χ4v) is 4.52. The summed E-state index contributed by atoms with van der Waals surface area (Å²) in [6.07, 6.45) is 4.55. The molecule has 1 amide bonds. The SMILES string of the molecule is Cc1ccc(-c2ccc3c(N)c(C(=O)N4CCCCCC4)sc3n2)cc1. The molecule has 5 heteroatoms. The van der Waals surface area contributed by atoms with Crippen LogP contribution in [-0.4, -0.2) is 28.9 Å². The average Bonchev–Trinajstić information content (AvgIpc) is 2.83. The third kappa shape index (κ3) is 3.19. The molecule has 26 heavy (non-hydrogen) atoms. The molecule has 0 aliphatic carbocycles. The Kier molecular flexibility index (Phi) is 4.64. The molecule has 2 aromatic heterocycles. The molecule has 4 nitrogen and oxygen atoms in total. The highest BCUT2D eigenvalue weighted by atomic mass is 32.1. The minimum atomic E-state index is 0.0595. The molecule has 0 unspecified atom stereocenters. The van der Waals surface area contributed by atoms with Crippen molar-refractivity contribution in [3.8, 4) is 11.3 Å². The van der Waals surface area contributed by atoms with Crippen LogP contribution in [0, 0.1) is 6.92 Å². The van der Waals surface area contributed by atoms with Crippen molar-refractivity contribution in [2.75, 3.05) is 18.8 Å². The number of nitrogens with zero attached hydrogens (tertiary/aromatic N) is 2. The van der Waals surface area contributed by atoms with Gasteiger partial charge in [0.15, 0.2) is 0 Å². The molecule has 0 radical (unpaired) electrons. The van der Waals surface area contributed by atoms with Crippen molar-refractivity contribution in [3.63, 3.8) is 0 Å². The number of fused-ring (bicyclic) bond motifs is 1. The molecule has 0 saturated carbocycles. The summed E-state index contributed by atoms with van der Waals surface area (Å²) < 4.78 is 0. The second kappa shape index (κ2) is 7.08. The number of likely N-dealkylation sites (tertiary alicyclic amines) is 1. The lowest BCUT2D eigenvalue weighted by Crippen LogP contribution is -2.31. The van der Waals surface area contributed by atoms with Gasteiger partial charge in [-0.05, 0) is 31.9 Å². The Balaban J connectivity index is 1.69. The summed E-state index contributed by atoms with van der Waals surface area (Å²) >= 11 is 1.42. The Morgan fingerprint density at radius 2 is 1.73 bits per heavy atom. The molecule has 1 aromatic carbocycles. The largest absolute Gasteiger partial charge is 0.397 e. The number of hydrogen-bond donors (Lipinski definition) is 1. The number of hydrogen-bond acceptors (Lipinski definition) is 4. The van der Waals surface area contributed by atoms with E-state index >= 15 is 0 Å². The highest BCUT2D eigenvalue weighted by Gasteiger charge is 2.23. The molecule has 4 rings (SSSR count). The lowest BCUT2D eigenvalue weighted by Gasteiger charge is -2.19. The minimum Gasteiger partial charge on any atom is -0.397 e. The zero-order chi connectivity index (χ0) is 18.1. The Morgan fingerprint density at radius 3 is 2.42 bits per heavy atom. The fraction of sp³-hybridized carbons (Fsp3) is 0.333. The van der Waals surface area contributed by atoms with Gasteiger partial charge in [0, 0.05) is 24.0 Å². The van der Waals surface area contributed by atoms with Crippen LogP contribution in [0.4, 0.5) is 5.69 Å². The Labute approximate surface area is 157 Å². The first-order valence-electron chi connectivity index (χ1n) is 9.19. The number of carbonyl (C=O) groups is 1. The van der Waals surface area contributed by atoms with Gasteiger partial charge >= 0.3 is 0 Å². The Hall–Kier alpha value is -2.40. The average molecular weight is 366 g/mol. The molecule has 134 valence electrons. The first-order chi connectivity index (χ1) is 12.6. The van der Waals surface area contributed by atoms with Crippen molar-refractivity contribution in [3.05, 3.63) is 46.8 Å². The molecular weight excluding hydrogens is 342 g/mol. The van der Waals surface area contributed by atoms with Crippen molar-refractivity contribution in [2.45, 2.75) is 32.6 Å². The smallest absolute Gasteiger partial charge is 0.266 e. The van der Waals surface area contributed by atoms with Crippen LogP contribution in [0.2, 0.25) is 0 Å². The minimum absolute atomic E-state index is 0.0595. The molecule has 0 bridgehead atoms. The van der Waals surface area contributed by atoms with E-state index in [1.165, 1.54) is 29.7 Å². The molecule has 0 atom stereocenters. The van der Waals surface area contributed by atoms with Gasteiger partial charge in [-0.3, -0.25) is 4.79 Å². The van der Waals surface area contributed by atoms with Gasteiger partial charge in [0.25, 0.3) is 5.91 Å². The molecule has 1 saturated heterocycles. The summed E-state index contributed by atoms with van der Waals surface area (Å²) in [4.78, 5) is 21.2. The number of nitrogens with two attached hydrogens (primary N) is 1. The summed E-state index contributed by atoms with van der Waals surface area (Å²) in [5.74, 6) is 0.0595. The number of anilines is 1. The highest BCUT2D eigenvalue weighted by molar-refractivity contribution is 7.21. The van der Waals surface area contributed by atoms with E-state index in [1.807, 2.05) is 17.0 Å². The number of nitrogen functional groups attached to an aromatic ring is 1. The monoisotopic (exact) mass is 365 g/mol. The molecule has 3 aromatic rings. The fourth-order valence-electron chi connectivity index (χ4n) is 3.46. The van der Waals surface area contributed by atoms with Crippen LogP contribution in [0.3, 0.4) is 0 Å². The third-order valence-corrected chi connectivity index (χ3v) is 6.13. The van der Waals surface area contributed by atoms with Gasteiger partial charge in [-0.25, -0.2) is 4.98 Å². The van der Waals surface area contributed by atoms with Crippen molar-refractivity contribution >= 4 is 33.1 Å². The summed E-state index contributed by atoms with van der Waals surface area (Å²) in [7, 11) is 0. The van der Waals surface area contributed by atoms with Crippen molar-refractivity contribution < 1.29 is 4.79 Å². The molecule has 1 aliphatic rings. The van der Waals surface area contributed by atoms with Crippen molar-refractivity contribution in [1.29, 1.82) is 0 Å². The zero-order valence-corrected chi connectivity index (χ0v) is 15.8. The van der Waals surface area contributed by atoms with Crippen LogP contribution in [0.25, 0.3) is 21.5 Å². The topological polar surface area (TPSA) is 59.2 Å². The van der Waals surface area contributed by atoms with E-state index in [-0.39, 0.29) is 5.91 Å². The number of aromatic nitrogens is 1. The Bertz CT molecular complexity index is 938. The van der Waals surface area contributed by atoms with Gasteiger partial charge < -0.3 is 10.6 Å². The molecule has 2 N–H and O–H groups in total. The van der Waals surface area contributed by atoms with Gasteiger partial charge in [-0.2, -0.15) is 0 Å². The maximum Gasteiger partial charge on any atom is 0.266 e. The number of aryl methyl sites for hydroxylation is 1. The van der Waals surface area contributed by atoms with Crippen molar-refractivity contribution in [2.24, 2.45) is 0 Å². The highest BCUT2D eigenvalue weighted by Crippen LogP contribution is 2.35. The van der Waals surface area contributed by atoms with Crippen LogP contribution in [-0.2, 0) is 0 Å².